The maximum Gasteiger partial charge on any atom is 0.241 e. The Morgan fingerprint density at radius 1 is 0.963 bits per heavy atom. The highest BCUT2D eigenvalue weighted by Gasteiger charge is 2.67. The molecule has 2 fully saturated rings. The molecular formula is C23H21NO3. The third-order valence-corrected chi connectivity index (χ3v) is 6.46. The number of ether oxygens (including phenoxy) is 1. The molecule has 136 valence electrons. The summed E-state index contributed by atoms with van der Waals surface area (Å²) in [6, 6.07) is 15.0. The Kier molecular flexibility index (Phi) is 3.36. The van der Waals surface area contributed by atoms with Gasteiger partial charge in [0.1, 0.15) is 11.5 Å². The summed E-state index contributed by atoms with van der Waals surface area (Å²) in [4.78, 5) is 27.6. The predicted molar refractivity (Wildman–Crippen MR) is 103 cm³/mol. The predicted octanol–water partition coefficient (Wildman–Crippen LogP) is 4.49. The molecule has 4 atom stereocenters. The molecule has 4 heteroatoms. The van der Waals surface area contributed by atoms with Gasteiger partial charge in [0.05, 0.1) is 17.0 Å². The van der Waals surface area contributed by atoms with Gasteiger partial charge in [0.25, 0.3) is 0 Å². The summed E-state index contributed by atoms with van der Waals surface area (Å²) in [5.41, 5.74) is 1.20. The minimum Gasteiger partial charge on any atom is -0.457 e. The van der Waals surface area contributed by atoms with Crippen molar-refractivity contribution in [3.05, 3.63) is 66.2 Å². The first-order chi connectivity index (χ1) is 13.0. The summed E-state index contributed by atoms with van der Waals surface area (Å²) < 4.78 is 5.84. The summed E-state index contributed by atoms with van der Waals surface area (Å²) >= 11 is 0. The van der Waals surface area contributed by atoms with Crippen LogP contribution in [0.4, 0.5) is 5.69 Å². The molecule has 0 spiro atoms. The van der Waals surface area contributed by atoms with Crippen LogP contribution in [0.3, 0.4) is 0 Å². The molecule has 1 saturated carbocycles. The molecular weight excluding hydrogens is 338 g/mol. The van der Waals surface area contributed by atoms with E-state index in [1.165, 1.54) is 10.5 Å². The number of nitrogens with zero attached hydrogens (tertiary/aromatic N) is 1. The zero-order valence-electron chi connectivity index (χ0n) is 15.4. The van der Waals surface area contributed by atoms with E-state index in [1.807, 2.05) is 38.1 Å². The van der Waals surface area contributed by atoms with E-state index in [0.29, 0.717) is 11.4 Å². The fraction of sp³-hybridized carbons (Fsp3) is 0.304. The third-order valence-electron chi connectivity index (χ3n) is 6.46. The van der Waals surface area contributed by atoms with Crippen molar-refractivity contribution in [3.63, 3.8) is 0 Å². The summed E-state index contributed by atoms with van der Waals surface area (Å²) in [5.74, 6) is 1.46. The van der Waals surface area contributed by atoms with E-state index in [9.17, 15) is 9.59 Å². The number of carbonyl (C=O) groups excluding carboxylic acids is 2. The van der Waals surface area contributed by atoms with Crippen molar-refractivity contribution >= 4 is 17.5 Å². The van der Waals surface area contributed by atoms with Crippen LogP contribution >= 0.6 is 0 Å². The van der Waals surface area contributed by atoms with Crippen LogP contribution in [0.2, 0.25) is 0 Å². The number of fused-ring (bicyclic) bond motifs is 5. The molecule has 0 aromatic heterocycles. The third kappa shape index (κ3) is 2.22. The Morgan fingerprint density at radius 2 is 1.59 bits per heavy atom. The van der Waals surface area contributed by atoms with Gasteiger partial charge in [0.15, 0.2) is 0 Å². The number of aryl methyl sites for hydroxylation is 1. The number of anilines is 1. The standard InChI is InChI=1S/C23H21NO3/c1-14-3-9-18(10-4-14)27-19-11-7-17(8-12-19)24-21(25)20-15-5-6-16(13-15)23(20,2)22(24)26/h3-12,15-16,20H,13H2,1-2H3. The summed E-state index contributed by atoms with van der Waals surface area (Å²) in [6.07, 6.45) is 5.16. The first-order valence-electron chi connectivity index (χ1n) is 9.40. The van der Waals surface area contributed by atoms with E-state index in [0.717, 1.165) is 12.2 Å². The molecule has 4 unspecified atom stereocenters. The molecule has 1 saturated heterocycles. The van der Waals surface area contributed by atoms with Gasteiger partial charge in [-0.05, 0) is 68.5 Å². The number of amides is 2. The minimum absolute atomic E-state index is 0.0634. The Hall–Kier alpha value is -2.88. The van der Waals surface area contributed by atoms with Gasteiger partial charge in [0.2, 0.25) is 11.8 Å². The van der Waals surface area contributed by atoms with E-state index >= 15 is 0 Å². The molecule has 1 heterocycles. The van der Waals surface area contributed by atoms with Crippen LogP contribution in [0.5, 0.6) is 11.5 Å². The highest BCUT2D eigenvalue weighted by atomic mass is 16.5. The second kappa shape index (κ2) is 5.56. The van der Waals surface area contributed by atoms with E-state index in [1.54, 1.807) is 24.3 Å². The van der Waals surface area contributed by atoms with Gasteiger partial charge in [-0.25, -0.2) is 4.90 Å². The first kappa shape index (κ1) is 16.3. The Bertz CT molecular complexity index is 960. The number of hydrogen-bond donors (Lipinski definition) is 0. The van der Waals surface area contributed by atoms with Crippen LogP contribution in [0.15, 0.2) is 60.7 Å². The van der Waals surface area contributed by atoms with Crippen molar-refractivity contribution < 1.29 is 14.3 Å². The first-order valence-corrected chi connectivity index (χ1v) is 9.40. The topological polar surface area (TPSA) is 46.6 Å². The van der Waals surface area contributed by atoms with Gasteiger partial charge in [-0.2, -0.15) is 0 Å². The van der Waals surface area contributed by atoms with Gasteiger partial charge in [-0.1, -0.05) is 29.8 Å². The summed E-state index contributed by atoms with van der Waals surface area (Å²) in [6.45, 7) is 3.99. The maximum absolute atomic E-state index is 13.2. The van der Waals surface area contributed by atoms with Gasteiger partial charge in [-0.15, -0.1) is 0 Å². The lowest BCUT2D eigenvalue weighted by molar-refractivity contribution is -0.127. The lowest BCUT2D eigenvalue weighted by atomic mass is 9.71. The molecule has 2 amide bonds. The van der Waals surface area contributed by atoms with Crippen LogP contribution in [0, 0.1) is 30.1 Å². The average molecular weight is 359 g/mol. The molecule has 2 bridgehead atoms. The van der Waals surface area contributed by atoms with Crippen molar-refractivity contribution in [2.75, 3.05) is 4.90 Å². The number of imide groups is 1. The normalized spacial score (nSPS) is 30.9. The summed E-state index contributed by atoms with van der Waals surface area (Å²) in [5, 5.41) is 0. The molecule has 5 rings (SSSR count). The fourth-order valence-electron chi connectivity index (χ4n) is 4.96. The van der Waals surface area contributed by atoms with E-state index < -0.39 is 5.41 Å². The molecule has 2 aromatic carbocycles. The molecule has 4 nitrogen and oxygen atoms in total. The van der Waals surface area contributed by atoms with E-state index in [4.69, 9.17) is 4.74 Å². The Balaban J connectivity index is 1.40. The number of rotatable bonds is 3. The molecule has 27 heavy (non-hydrogen) atoms. The quantitative estimate of drug-likeness (QED) is 0.599. The second-order valence-electron chi connectivity index (χ2n) is 8.04. The number of hydrogen-bond acceptors (Lipinski definition) is 3. The number of allylic oxidation sites excluding steroid dienone is 2. The molecule has 3 aliphatic rings. The SMILES string of the molecule is Cc1ccc(Oc2ccc(N3C(=O)C4C5C=CC(C5)C4(C)C3=O)cc2)cc1. The second-order valence-corrected chi connectivity index (χ2v) is 8.04. The van der Waals surface area contributed by atoms with Crippen molar-refractivity contribution in [3.8, 4) is 11.5 Å². The van der Waals surface area contributed by atoms with Crippen LogP contribution in [0.25, 0.3) is 0 Å². The lowest BCUT2D eigenvalue weighted by Gasteiger charge is -2.28. The fourth-order valence-corrected chi connectivity index (χ4v) is 4.96. The summed E-state index contributed by atoms with van der Waals surface area (Å²) in [7, 11) is 0. The van der Waals surface area contributed by atoms with Crippen molar-refractivity contribution in [2.45, 2.75) is 20.3 Å². The van der Waals surface area contributed by atoms with Gasteiger partial charge >= 0.3 is 0 Å². The maximum atomic E-state index is 13.2. The van der Waals surface area contributed by atoms with Gasteiger partial charge in [0, 0.05) is 0 Å². The van der Waals surface area contributed by atoms with Crippen LogP contribution in [-0.2, 0) is 9.59 Å². The zero-order valence-corrected chi connectivity index (χ0v) is 15.4. The smallest absolute Gasteiger partial charge is 0.241 e. The van der Waals surface area contributed by atoms with Crippen molar-refractivity contribution in [2.24, 2.45) is 23.2 Å². The van der Waals surface area contributed by atoms with E-state index in [-0.39, 0.29) is 29.6 Å². The zero-order chi connectivity index (χ0) is 18.8. The minimum atomic E-state index is -0.590. The molecule has 0 N–H and O–H groups in total. The van der Waals surface area contributed by atoms with Crippen molar-refractivity contribution in [1.82, 2.24) is 0 Å². The van der Waals surface area contributed by atoms with Gasteiger partial charge in [-0.3, -0.25) is 9.59 Å². The van der Waals surface area contributed by atoms with E-state index in [2.05, 4.69) is 12.2 Å². The average Bonchev–Trinajstić information content (AvgIpc) is 3.30. The number of carbonyl (C=O) groups is 2. The molecule has 2 aromatic rings. The van der Waals surface area contributed by atoms with Crippen LogP contribution in [0.1, 0.15) is 18.9 Å². The highest BCUT2D eigenvalue weighted by molar-refractivity contribution is 6.24. The number of benzene rings is 2. The molecule has 0 radical (unpaired) electrons. The monoisotopic (exact) mass is 359 g/mol. The van der Waals surface area contributed by atoms with Crippen LogP contribution < -0.4 is 9.64 Å². The highest BCUT2D eigenvalue weighted by Crippen LogP contribution is 2.60. The largest absolute Gasteiger partial charge is 0.457 e. The van der Waals surface area contributed by atoms with Crippen molar-refractivity contribution in [1.29, 1.82) is 0 Å². The van der Waals surface area contributed by atoms with Crippen LogP contribution in [-0.4, -0.2) is 11.8 Å². The Labute approximate surface area is 158 Å². The van der Waals surface area contributed by atoms with Gasteiger partial charge < -0.3 is 4.74 Å². The molecule has 2 aliphatic carbocycles. The Morgan fingerprint density at radius 3 is 2.22 bits per heavy atom. The lowest BCUT2D eigenvalue weighted by Crippen LogP contribution is -2.37. The molecule has 1 aliphatic heterocycles.